The monoisotopic (exact) mass is 375 g/mol. The number of likely N-dealkylation sites (tertiary alicyclic amines) is 1. The Morgan fingerprint density at radius 2 is 2.07 bits per heavy atom. The van der Waals surface area contributed by atoms with Gasteiger partial charge in [-0.1, -0.05) is 5.16 Å². The fourth-order valence-corrected chi connectivity index (χ4v) is 3.04. The first kappa shape index (κ1) is 18.6. The molecule has 0 aliphatic carbocycles. The molecule has 0 saturated carbocycles. The molecule has 1 fully saturated rings. The van der Waals surface area contributed by atoms with Crippen molar-refractivity contribution in [3.05, 3.63) is 44.9 Å². The third-order valence-corrected chi connectivity index (χ3v) is 4.56. The molecule has 10 heteroatoms. The molecule has 27 heavy (non-hydrogen) atoms. The highest BCUT2D eigenvalue weighted by Crippen LogP contribution is 2.20. The van der Waals surface area contributed by atoms with Crippen molar-refractivity contribution < 1.29 is 14.1 Å². The van der Waals surface area contributed by atoms with Gasteiger partial charge >= 0.3 is 5.69 Å². The summed E-state index contributed by atoms with van der Waals surface area (Å²) in [5.74, 6) is 0.608. The quantitative estimate of drug-likeness (QED) is 0.762. The molecule has 0 aromatic carbocycles. The number of carbonyl (C=O) groups excluding carboxylic acids is 2. The molecule has 0 unspecified atom stereocenters. The Hall–Kier alpha value is -3.17. The average Bonchev–Trinajstić information content (AvgIpc) is 3.05. The minimum atomic E-state index is -0.534. The van der Waals surface area contributed by atoms with Crippen molar-refractivity contribution in [3.8, 4) is 0 Å². The molecule has 3 rings (SSSR count). The number of carbonyl (C=O) groups is 2. The van der Waals surface area contributed by atoms with Gasteiger partial charge in [-0.25, -0.2) is 4.79 Å². The number of aromatic amines is 1. The summed E-state index contributed by atoms with van der Waals surface area (Å²) in [7, 11) is 0. The Balaban J connectivity index is 1.46. The lowest BCUT2D eigenvalue weighted by atomic mass is 9.95. The van der Waals surface area contributed by atoms with Gasteiger partial charge in [-0.3, -0.25) is 19.4 Å². The summed E-state index contributed by atoms with van der Waals surface area (Å²) in [6.07, 6.45) is 2.65. The summed E-state index contributed by atoms with van der Waals surface area (Å²) in [5, 5.41) is 6.46. The fraction of sp³-hybridized carbons (Fsp3) is 0.471. The maximum absolute atomic E-state index is 12.3. The molecule has 1 saturated heterocycles. The van der Waals surface area contributed by atoms with Crippen molar-refractivity contribution >= 4 is 17.6 Å². The molecule has 0 atom stereocenters. The Morgan fingerprint density at radius 3 is 2.70 bits per heavy atom. The molecule has 0 radical (unpaired) electrons. The average molecular weight is 375 g/mol. The Bertz CT molecular complexity index is 935. The van der Waals surface area contributed by atoms with E-state index in [1.807, 2.05) is 0 Å². The summed E-state index contributed by atoms with van der Waals surface area (Å²) in [6, 6.07) is 2.89. The SMILES string of the molecule is Cc1cc(NC(=O)C2CCN(C(=O)CCn3ccc(=O)[nH]c3=O)CC2)no1. The van der Waals surface area contributed by atoms with E-state index in [1.54, 1.807) is 17.9 Å². The molecular formula is C17H21N5O5. The number of hydrogen-bond donors (Lipinski definition) is 2. The second-order valence-electron chi connectivity index (χ2n) is 6.52. The van der Waals surface area contributed by atoms with E-state index in [2.05, 4.69) is 15.5 Å². The zero-order valence-corrected chi connectivity index (χ0v) is 14.9. The molecule has 3 heterocycles. The molecule has 0 bridgehead atoms. The fourth-order valence-electron chi connectivity index (χ4n) is 3.04. The Labute approximate surface area is 154 Å². The molecule has 0 spiro atoms. The van der Waals surface area contributed by atoms with E-state index >= 15 is 0 Å². The van der Waals surface area contributed by atoms with Crippen LogP contribution >= 0.6 is 0 Å². The zero-order chi connectivity index (χ0) is 19.4. The van der Waals surface area contributed by atoms with E-state index in [9.17, 15) is 19.2 Å². The summed E-state index contributed by atoms with van der Waals surface area (Å²) >= 11 is 0. The maximum Gasteiger partial charge on any atom is 0.328 e. The molecule has 2 N–H and O–H groups in total. The standard InChI is InChI=1S/C17H21N5O5/c1-11-10-13(20-27-11)18-16(25)12-2-6-21(7-3-12)15(24)5-9-22-8-4-14(23)19-17(22)26/h4,8,10,12H,2-3,5-7,9H2,1H3,(H,18,20,25)(H,19,23,26). The number of piperidine rings is 1. The van der Waals surface area contributed by atoms with Gasteiger partial charge in [-0.05, 0) is 19.8 Å². The van der Waals surface area contributed by atoms with Crippen LogP contribution in [0.3, 0.4) is 0 Å². The minimum Gasteiger partial charge on any atom is -0.360 e. The van der Waals surface area contributed by atoms with Crippen LogP contribution in [0.2, 0.25) is 0 Å². The van der Waals surface area contributed by atoms with Gasteiger partial charge in [0.15, 0.2) is 5.82 Å². The van der Waals surface area contributed by atoms with Gasteiger partial charge in [0, 0.05) is 50.3 Å². The molecule has 144 valence electrons. The molecule has 2 amide bonds. The van der Waals surface area contributed by atoms with E-state index in [4.69, 9.17) is 4.52 Å². The van der Waals surface area contributed by atoms with Crippen LogP contribution in [0.25, 0.3) is 0 Å². The lowest BCUT2D eigenvalue weighted by Crippen LogP contribution is -2.42. The third-order valence-electron chi connectivity index (χ3n) is 4.56. The summed E-state index contributed by atoms with van der Waals surface area (Å²) in [6.45, 7) is 2.90. The first-order chi connectivity index (χ1) is 12.9. The number of nitrogens with zero attached hydrogens (tertiary/aromatic N) is 3. The number of H-pyrrole nitrogens is 1. The van der Waals surface area contributed by atoms with Crippen LogP contribution in [-0.2, 0) is 16.1 Å². The van der Waals surface area contributed by atoms with Gasteiger partial charge in [-0.2, -0.15) is 0 Å². The van der Waals surface area contributed by atoms with Crippen LogP contribution in [0, 0.1) is 12.8 Å². The van der Waals surface area contributed by atoms with Crippen molar-refractivity contribution in [3.63, 3.8) is 0 Å². The summed E-state index contributed by atoms with van der Waals surface area (Å²) in [5.41, 5.74) is -1.00. The van der Waals surface area contributed by atoms with E-state index in [0.29, 0.717) is 37.5 Å². The second-order valence-corrected chi connectivity index (χ2v) is 6.52. The topological polar surface area (TPSA) is 130 Å². The smallest absolute Gasteiger partial charge is 0.328 e. The Morgan fingerprint density at radius 1 is 1.33 bits per heavy atom. The van der Waals surface area contributed by atoms with Gasteiger partial charge in [0.2, 0.25) is 11.8 Å². The summed E-state index contributed by atoms with van der Waals surface area (Å²) in [4.78, 5) is 51.1. The van der Waals surface area contributed by atoms with Crippen LogP contribution < -0.4 is 16.6 Å². The third kappa shape index (κ3) is 4.72. The van der Waals surface area contributed by atoms with Crippen LogP contribution in [0.4, 0.5) is 5.82 Å². The van der Waals surface area contributed by atoms with Gasteiger partial charge in [0.05, 0.1) is 0 Å². The number of rotatable bonds is 5. The van der Waals surface area contributed by atoms with Gasteiger partial charge < -0.3 is 19.3 Å². The first-order valence-electron chi connectivity index (χ1n) is 8.74. The van der Waals surface area contributed by atoms with Crippen LogP contribution in [0.1, 0.15) is 25.0 Å². The highest BCUT2D eigenvalue weighted by atomic mass is 16.5. The minimum absolute atomic E-state index is 0.0842. The number of amides is 2. The molecule has 2 aromatic rings. The van der Waals surface area contributed by atoms with E-state index in [0.717, 1.165) is 0 Å². The first-order valence-corrected chi connectivity index (χ1v) is 8.74. The van der Waals surface area contributed by atoms with Crippen LogP contribution in [0.5, 0.6) is 0 Å². The van der Waals surface area contributed by atoms with Crippen molar-refractivity contribution in [2.75, 3.05) is 18.4 Å². The predicted molar refractivity (Wildman–Crippen MR) is 95.1 cm³/mol. The van der Waals surface area contributed by atoms with Crippen molar-refractivity contribution in [2.24, 2.45) is 5.92 Å². The maximum atomic E-state index is 12.3. The van der Waals surface area contributed by atoms with Gasteiger partial charge in [0.1, 0.15) is 5.76 Å². The van der Waals surface area contributed by atoms with E-state index in [1.165, 1.54) is 16.8 Å². The normalized spacial score (nSPS) is 14.9. The predicted octanol–water partition coefficient (Wildman–Crippen LogP) is 0.100. The Kier molecular flexibility index (Phi) is 5.53. The number of aryl methyl sites for hydroxylation is 2. The molecule has 1 aliphatic heterocycles. The number of nitrogens with one attached hydrogen (secondary N) is 2. The van der Waals surface area contributed by atoms with Crippen LogP contribution in [0.15, 0.2) is 32.4 Å². The second kappa shape index (κ2) is 8.02. The van der Waals surface area contributed by atoms with Crippen molar-refractivity contribution in [2.45, 2.75) is 32.7 Å². The largest absolute Gasteiger partial charge is 0.360 e. The summed E-state index contributed by atoms with van der Waals surface area (Å²) < 4.78 is 6.21. The highest BCUT2D eigenvalue weighted by Gasteiger charge is 2.27. The van der Waals surface area contributed by atoms with E-state index < -0.39 is 11.2 Å². The lowest BCUT2D eigenvalue weighted by molar-refractivity contribution is -0.134. The van der Waals surface area contributed by atoms with Crippen molar-refractivity contribution in [1.82, 2.24) is 19.6 Å². The van der Waals surface area contributed by atoms with Gasteiger partial charge in [0.25, 0.3) is 5.56 Å². The van der Waals surface area contributed by atoms with Crippen LogP contribution in [-0.4, -0.2) is 44.5 Å². The number of anilines is 1. The lowest BCUT2D eigenvalue weighted by Gasteiger charge is -2.31. The molecule has 10 nitrogen and oxygen atoms in total. The number of aromatic nitrogens is 3. The van der Waals surface area contributed by atoms with Crippen molar-refractivity contribution in [1.29, 1.82) is 0 Å². The zero-order valence-electron chi connectivity index (χ0n) is 14.9. The number of hydrogen-bond acceptors (Lipinski definition) is 6. The molecule has 1 aliphatic rings. The molecule has 2 aromatic heterocycles. The highest BCUT2D eigenvalue weighted by molar-refractivity contribution is 5.91. The van der Waals surface area contributed by atoms with Gasteiger partial charge in [-0.15, -0.1) is 0 Å². The molecular weight excluding hydrogens is 354 g/mol. The van der Waals surface area contributed by atoms with E-state index in [-0.39, 0.29) is 30.7 Å².